The minimum absolute atomic E-state index is 0.257. The molecule has 134 valence electrons. The molecule has 27 heavy (non-hydrogen) atoms. The van der Waals surface area contributed by atoms with Crippen molar-refractivity contribution >= 4 is 41.0 Å². The number of halogens is 1. The Bertz CT molecular complexity index is 1120. The number of aromatic nitrogens is 1. The number of nitrogens with one attached hydrogen (secondary N) is 1. The molecule has 3 N–H and O–H groups in total. The number of nitrogens with two attached hydrogens (primary N) is 1. The van der Waals surface area contributed by atoms with Gasteiger partial charge in [-0.05, 0) is 35.5 Å². The van der Waals surface area contributed by atoms with Crippen LogP contribution in [-0.2, 0) is 6.54 Å². The van der Waals surface area contributed by atoms with Gasteiger partial charge in [0.25, 0.3) is 0 Å². The van der Waals surface area contributed by atoms with Gasteiger partial charge in [0.1, 0.15) is 11.6 Å². The Hall–Kier alpha value is -2.59. The van der Waals surface area contributed by atoms with E-state index >= 15 is 0 Å². The van der Waals surface area contributed by atoms with Gasteiger partial charge in [0.2, 0.25) is 0 Å². The van der Waals surface area contributed by atoms with Gasteiger partial charge in [0, 0.05) is 5.02 Å². The van der Waals surface area contributed by atoms with Crippen LogP contribution in [0.15, 0.2) is 66.0 Å². The summed E-state index contributed by atoms with van der Waals surface area (Å²) in [6, 6.07) is 19.9. The monoisotopic (exact) mass is 410 g/mol. The molecule has 1 unspecified atom stereocenters. The molecule has 1 aromatic heterocycles. The Kier molecular flexibility index (Phi) is 4.75. The summed E-state index contributed by atoms with van der Waals surface area (Å²) in [5.74, 6) is 0.956. The van der Waals surface area contributed by atoms with Gasteiger partial charge in [-0.2, -0.15) is 5.26 Å². The van der Waals surface area contributed by atoms with Crippen LogP contribution < -0.4 is 11.1 Å². The van der Waals surface area contributed by atoms with E-state index in [0.717, 1.165) is 25.8 Å². The summed E-state index contributed by atoms with van der Waals surface area (Å²) in [5, 5.41) is 13.6. The Morgan fingerprint density at radius 3 is 2.56 bits per heavy atom. The number of thiazole rings is 1. The van der Waals surface area contributed by atoms with Crippen molar-refractivity contribution in [2.45, 2.75) is 12.5 Å². The molecule has 1 aliphatic heterocycles. The zero-order valence-electron chi connectivity index (χ0n) is 14.1. The Morgan fingerprint density at radius 1 is 1.19 bits per heavy atom. The molecule has 0 radical (unpaired) electrons. The molecule has 0 bridgehead atoms. The highest BCUT2D eigenvalue weighted by Crippen LogP contribution is 2.44. The van der Waals surface area contributed by atoms with Crippen molar-refractivity contribution < 1.29 is 0 Å². The average Bonchev–Trinajstić information content (AvgIpc) is 2.97. The number of nitrogens with zero attached hydrogens (tertiary/aromatic N) is 2. The van der Waals surface area contributed by atoms with Crippen molar-refractivity contribution in [1.82, 2.24) is 4.57 Å². The number of fused-ring (bicyclic) bond motifs is 1. The lowest BCUT2D eigenvalue weighted by atomic mass is 9.88. The Morgan fingerprint density at radius 2 is 1.89 bits per heavy atom. The number of anilines is 1. The van der Waals surface area contributed by atoms with Crippen LogP contribution in [0.1, 0.15) is 21.9 Å². The van der Waals surface area contributed by atoms with Gasteiger partial charge in [-0.1, -0.05) is 54.1 Å². The first-order valence-corrected chi connectivity index (χ1v) is 9.88. The van der Waals surface area contributed by atoms with E-state index in [0.29, 0.717) is 23.0 Å². The van der Waals surface area contributed by atoms with E-state index in [4.69, 9.17) is 29.6 Å². The van der Waals surface area contributed by atoms with E-state index in [1.807, 2.05) is 47.0 Å². The molecular weight excluding hydrogens is 396 g/mol. The molecule has 2 heterocycles. The fraction of sp³-hybridized carbons (Fsp3) is 0.100. The second kappa shape index (κ2) is 7.20. The van der Waals surface area contributed by atoms with Gasteiger partial charge in [-0.25, -0.2) is 0 Å². The second-order valence-electron chi connectivity index (χ2n) is 6.20. The van der Waals surface area contributed by atoms with Crippen LogP contribution in [0, 0.1) is 15.3 Å². The summed E-state index contributed by atoms with van der Waals surface area (Å²) in [6.07, 6.45) is 0. The lowest BCUT2D eigenvalue weighted by Gasteiger charge is -2.25. The van der Waals surface area contributed by atoms with Crippen molar-refractivity contribution in [3.8, 4) is 6.07 Å². The van der Waals surface area contributed by atoms with E-state index in [1.54, 1.807) is 0 Å². The molecular formula is C20H15ClN4S2. The molecule has 7 heteroatoms. The zero-order valence-corrected chi connectivity index (χ0v) is 16.5. The van der Waals surface area contributed by atoms with E-state index in [9.17, 15) is 5.26 Å². The fourth-order valence-corrected chi connectivity index (χ4v) is 4.87. The van der Waals surface area contributed by atoms with E-state index < -0.39 is 0 Å². The van der Waals surface area contributed by atoms with Gasteiger partial charge >= 0.3 is 0 Å². The first-order valence-electron chi connectivity index (χ1n) is 8.28. The second-order valence-corrected chi connectivity index (χ2v) is 8.31. The Balaban J connectivity index is 1.85. The molecule has 0 aliphatic carbocycles. The smallest absolute Gasteiger partial charge is 0.163 e. The van der Waals surface area contributed by atoms with Crippen LogP contribution in [0.25, 0.3) is 0 Å². The maximum Gasteiger partial charge on any atom is 0.163 e. The summed E-state index contributed by atoms with van der Waals surface area (Å²) in [6.45, 7) is 0.640. The van der Waals surface area contributed by atoms with Gasteiger partial charge in [0.15, 0.2) is 3.95 Å². The summed E-state index contributed by atoms with van der Waals surface area (Å²) in [5.41, 5.74) is 8.81. The third kappa shape index (κ3) is 3.26. The normalized spacial score (nSPS) is 15.8. The maximum atomic E-state index is 9.70. The molecule has 0 amide bonds. The molecule has 0 saturated heterocycles. The van der Waals surface area contributed by atoms with Crippen molar-refractivity contribution in [1.29, 1.82) is 5.26 Å². The number of benzene rings is 2. The molecule has 3 aromatic rings. The topological polar surface area (TPSA) is 66.8 Å². The number of hydrogen-bond acceptors (Lipinski definition) is 5. The number of rotatable bonds is 3. The quantitative estimate of drug-likeness (QED) is 0.580. The molecule has 1 atom stereocenters. The van der Waals surface area contributed by atoms with Crippen molar-refractivity contribution in [3.63, 3.8) is 0 Å². The summed E-state index contributed by atoms with van der Waals surface area (Å²) in [4.78, 5) is 0.990. The lowest BCUT2D eigenvalue weighted by Crippen LogP contribution is -2.24. The number of hydrogen-bond donors (Lipinski definition) is 2. The lowest BCUT2D eigenvalue weighted by molar-refractivity contribution is 0.789. The highest BCUT2D eigenvalue weighted by Gasteiger charge is 2.32. The van der Waals surface area contributed by atoms with E-state index in [-0.39, 0.29) is 5.92 Å². The van der Waals surface area contributed by atoms with Gasteiger partial charge in [0.05, 0.1) is 29.0 Å². The molecule has 2 aromatic carbocycles. The van der Waals surface area contributed by atoms with Crippen molar-refractivity contribution in [3.05, 3.63) is 91.0 Å². The molecule has 0 fully saturated rings. The average molecular weight is 411 g/mol. The van der Waals surface area contributed by atoms with Crippen LogP contribution in [0.5, 0.6) is 0 Å². The number of allylic oxidation sites excluding steroid dienone is 1. The van der Waals surface area contributed by atoms with E-state index in [1.165, 1.54) is 11.3 Å². The number of nitriles is 1. The predicted molar refractivity (Wildman–Crippen MR) is 112 cm³/mol. The summed E-state index contributed by atoms with van der Waals surface area (Å²) < 4.78 is 2.77. The van der Waals surface area contributed by atoms with Gasteiger partial charge in [-0.3, -0.25) is 0 Å². The van der Waals surface area contributed by atoms with Crippen LogP contribution in [0.3, 0.4) is 0 Å². The predicted octanol–water partition coefficient (Wildman–Crippen LogP) is 5.23. The molecule has 4 rings (SSSR count). The minimum Gasteiger partial charge on any atom is -0.384 e. The molecule has 0 saturated carbocycles. The van der Waals surface area contributed by atoms with Gasteiger partial charge < -0.3 is 15.6 Å². The van der Waals surface area contributed by atoms with Crippen LogP contribution in [0.4, 0.5) is 5.82 Å². The fourth-order valence-electron chi connectivity index (χ4n) is 3.24. The van der Waals surface area contributed by atoms with Crippen molar-refractivity contribution in [2.24, 2.45) is 5.73 Å². The van der Waals surface area contributed by atoms with Crippen LogP contribution in [0.2, 0.25) is 5.02 Å². The van der Waals surface area contributed by atoms with Crippen LogP contribution in [-0.4, -0.2) is 4.57 Å². The highest BCUT2D eigenvalue weighted by molar-refractivity contribution is 7.73. The summed E-state index contributed by atoms with van der Waals surface area (Å²) in [7, 11) is 0. The maximum absolute atomic E-state index is 9.70. The molecule has 4 nitrogen and oxygen atoms in total. The third-order valence-corrected chi connectivity index (χ3v) is 6.29. The van der Waals surface area contributed by atoms with Gasteiger partial charge in [-0.15, -0.1) is 11.3 Å². The first kappa shape index (κ1) is 17.8. The molecule has 1 aliphatic rings. The highest BCUT2D eigenvalue weighted by atomic mass is 35.5. The Labute approximate surface area is 171 Å². The summed E-state index contributed by atoms with van der Waals surface area (Å²) >= 11 is 13.2. The first-order chi connectivity index (χ1) is 13.1. The van der Waals surface area contributed by atoms with Crippen molar-refractivity contribution in [2.75, 3.05) is 5.32 Å². The standard InChI is InChI=1S/C20H15ClN4S2/c21-14-8-6-13(7-9-14)16-15(10-22)18(23)24-19-17(16)27-20(26)25(19)11-12-4-2-1-3-5-12/h1-9,16,24H,11,23H2. The minimum atomic E-state index is -0.257. The largest absolute Gasteiger partial charge is 0.384 e. The van der Waals surface area contributed by atoms with Crippen LogP contribution >= 0.6 is 35.2 Å². The SMILES string of the molecule is N#CC1=C(N)Nc2c(sc(=S)n2Cc2ccccc2)C1c1ccc(Cl)cc1. The van der Waals surface area contributed by atoms with E-state index in [2.05, 4.69) is 23.5 Å². The zero-order chi connectivity index (χ0) is 19.0. The third-order valence-electron chi connectivity index (χ3n) is 4.52. The molecule has 0 spiro atoms.